The Morgan fingerprint density at radius 1 is 1.14 bits per heavy atom. The number of fused-ring (bicyclic) bond motifs is 3. The van der Waals surface area contributed by atoms with Gasteiger partial charge in [0, 0.05) is 42.9 Å². The van der Waals surface area contributed by atoms with Gasteiger partial charge in [0.25, 0.3) is 5.91 Å². The topological polar surface area (TPSA) is 71.2 Å². The Hall–Kier alpha value is -1.88. The molecule has 5 heteroatoms. The lowest BCUT2D eigenvalue weighted by atomic mass is 9.87. The molecule has 2 saturated heterocycles. The second kappa shape index (κ2) is 7.51. The molecule has 28 heavy (non-hydrogen) atoms. The summed E-state index contributed by atoms with van der Waals surface area (Å²) in [6.07, 6.45) is 18.8. The number of hydrogen-bond acceptors (Lipinski definition) is 4. The van der Waals surface area contributed by atoms with Crippen molar-refractivity contribution in [3.63, 3.8) is 0 Å². The zero-order valence-electron chi connectivity index (χ0n) is 16.7. The molecule has 0 radical (unpaired) electrons. The summed E-state index contributed by atoms with van der Waals surface area (Å²) in [5.74, 6) is 0.521. The van der Waals surface area contributed by atoms with Crippen LogP contribution >= 0.6 is 0 Å². The van der Waals surface area contributed by atoms with E-state index in [9.17, 15) is 4.79 Å². The van der Waals surface area contributed by atoms with Crippen LogP contribution in [0.2, 0.25) is 0 Å². The highest BCUT2D eigenvalue weighted by molar-refractivity contribution is 6.00. The Bertz CT molecular complexity index is 769. The minimum absolute atomic E-state index is 0.393. The summed E-state index contributed by atoms with van der Waals surface area (Å²) in [5.41, 5.74) is 9.21. The van der Waals surface area contributed by atoms with Crippen molar-refractivity contribution in [2.75, 3.05) is 11.9 Å². The molecule has 2 aliphatic heterocycles. The Kier molecular flexibility index (Phi) is 4.87. The molecule has 3 fully saturated rings. The fourth-order valence-electron chi connectivity index (χ4n) is 6.10. The number of aromatic nitrogens is 1. The third-order valence-electron chi connectivity index (χ3n) is 7.49. The van der Waals surface area contributed by atoms with Crippen LogP contribution in [0.3, 0.4) is 0 Å². The first-order chi connectivity index (χ1) is 13.7. The average Bonchev–Trinajstić information content (AvgIpc) is 3.25. The standard InChI is InChI=1S/C23H32N4O/c24-23(28)20-13-25-21-8-4-7-19(21)22(20)26-16-11-17-9-10-18(12-16)27(17)14-15-5-2-1-3-6-15/h4,7,13,15-18H,1-3,5-6,8-12,14H2,(H2,24,28)(H,25,26)/t16?,17-,18+. The van der Waals surface area contributed by atoms with Crippen LogP contribution in [0.25, 0.3) is 6.08 Å². The fourth-order valence-corrected chi connectivity index (χ4v) is 6.10. The Morgan fingerprint density at radius 3 is 2.61 bits per heavy atom. The minimum atomic E-state index is -0.393. The smallest absolute Gasteiger partial charge is 0.252 e. The second-order valence-corrected chi connectivity index (χ2v) is 9.28. The summed E-state index contributed by atoms with van der Waals surface area (Å²) >= 11 is 0. The van der Waals surface area contributed by atoms with E-state index in [1.807, 2.05) is 0 Å². The van der Waals surface area contributed by atoms with E-state index in [2.05, 4.69) is 27.4 Å². The van der Waals surface area contributed by atoms with E-state index in [0.717, 1.165) is 29.3 Å². The number of pyridine rings is 1. The molecule has 1 amide bonds. The number of hydrogen-bond donors (Lipinski definition) is 2. The SMILES string of the molecule is NC(=O)c1cnc2c(c1NC1C[C@H]3CC[C@@H](C1)N3CC1CCCCC1)C=CC2. The van der Waals surface area contributed by atoms with Gasteiger partial charge in [-0.3, -0.25) is 14.7 Å². The van der Waals surface area contributed by atoms with Gasteiger partial charge in [-0.1, -0.05) is 31.4 Å². The predicted molar refractivity (Wildman–Crippen MR) is 112 cm³/mol. The predicted octanol–water partition coefficient (Wildman–Crippen LogP) is 3.74. The van der Waals surface area contributed by atoms with Crippen LogP contribution < -0.4 is 11.1 Å². The summed E-state index contributed by atoms with van der Waals surface area (Å²) < 4.78 is 0. The minimum Gasteiger partial charge on any atom is -0.381 e. The number of nitrogens with zero attached hydrogens (tertiary/aromatic N) is 2. The molecule has 3 N–H and O–H groups in total. The van der Waals surface area contributed by atoms with Gasteiger partial charge >= 0.3 is 0 Å². The number of carbonyl (C=O) groups excluding carboxylic acids is 1. The third kappa shape index (κ3) is 3.34. The molecule has 4 aliphatic rings. The maximum absolute atomic E-state index is 12.0. The van der Waals surface area contributed by atoms with Crippen molar-refractivity contribution < 1.29 is 4.79 Å². The summed E-state index contributed by atoms with van der Waals surface area (Å²) in [7, 11) is 0. The number of allylic oxidation sites excluding steroid dienone is 1. The van der Waals surface area contributed by atoms with Crippen LogP contribution in [-0.2, 0) is 6.42 Å². The molecule has 1 aromatic rings. The summed E-state index contributed by atoms with van der Waals surface area (Å²) in [5, 5.41) is 3.74. The fraction of sp³-hybridized carbons (Fsp3) is 0.652. The number of piperidine rings is 1. The Labute approximate surface area is 167 Å². The molecule has 0 aromatic carbocycles. The van der Waals surface area contributed by atoms with E-state index in [0.29, 0.717) is 23.7 Å². The number of rotatable bonds is 5. The number of nitrogens with two attached hydrogens (primary N) is 1. The lowest BCUT2D eigenvalue weighted by Crippen LogP contribution is -2.48. The highest BCUT2D eigenvalue weighted by atomic mass is 16.1. The molecule has 3 atom stereocenters. The first-order valence-electron chi connectivity index (χ1n) is 11.2. The van der Waals surface area contributed by atoms with Crippen molar-refractivity contribution in [1.29, 1.82) is 0 Å². The molecule has 2 aliphatic carbocycles. The summed E-state index contributed by atoms with van der Waals surface area (Å²) in [4.78, 5) is 19.3. The van der Waals surface area contributed by atoms with Gasteiger partial charge in [-0.05, 0) is 44.4 Å². The van der Waals surface area contributed by atoms with E-state index >= 15 is 0 Å². The largest absolute Gasteiger partial charge is 0.381 e. The zero-order valence-corrected chi connectivity index (χ0v) is 16.7. The van der Waals surface area contributed by atoms with E-state index in [-0.39, 0.29) is 0 Å². The van der Waals surface area contributed by atoms with Gasteiger partial charge in [-0.15, -0.1) is 0 Å². The third-order valence-corrected chi connectivity index (χ3v) is 7.49. The first-order valence-corrected chi connectivity index (χ1v) is 11.2. The van der Waals surface area contributed by atoms with Crippen LogP contribution in [0.4, 0.5) is 5.69 Å². The van der Waals surface area contributed by atoms with E-state index in [1.54, 1.807) is 6.20 Å². The van der Waals surface area contributed by atoms with Gasteiger partial charge in [0.2, 0.25) is 0 Å². The van der Waals surface area contributed by atoms with Gasteiger partial charge in [0.05, 0.1) is 16.9 Å². The van der Waals surface area contributed by atoms with Crippen molar-refractivity contribution in [3.8, 4) is 0 Å². The highest BCUT2D eigenvalue weighted by Crippen LogP contribution is 2.40. The van der Waals surface area contributed by atoms with Crippen molar-refractivity contribution in [2.24, 2.45) is 11.7 Å². The van der Waals surface area contributed by atoms with Crippen molar-refractivity contribution in [3.05, 3.63) is 29.1 Å². The molecule has 5 rings (SSSR count). The number of amides is 1. The molecule has 1 unspecified atom stereocenters. The van der Waals surface area contributed by atoms with Crippen molar-refractivity contribution >= 4 is 17.7 Å². The number of carbonyl (C=O) groups is 1. The lowest BCUT2D eigenvalue weighted by molar-refractivity contribution is 0.0993. The van der Waals surface area contributed by atoms with E-state index in [1.165, 1.54) is 64.3 Å². The van der Waals surface area contributed by atoms with Gasteiger partial charge in [0.1, 0.15) is 0 Å². The van der Waals surface area contributed by atoms with E-state index in [4.69, 9.17) is 5.73 Å². The zero-order chi connectivity index (χ0) is 19.1. The molecular formula is C23H32N4O. The number of primary amides is 1. The maximum Gasteiger partial charge on any atom is 0.252 e. The van der Waals surface area contributed by atoms with Crippen LogP contribution in [0.15, 0.2) is 12.3 Å². The summed E-state index contributed by atoms with van der Waals surface area (Å²) in [6, 6.07) is 1.81. The average molecular weight is 381 g/mol. The van der Waals surface area contributed by atoms with E-state index < -0.39 is 5.91 Å². The first kappa shape index (κ1) is 18.2. The molecular weight excluding hydrogens is 348 g/mol. The molecule has 1 saturated carbocycles. The maximum atomic E-state index is 12.0. The van der Waals surface area contributed by atoms with Gasteiger partial charge < -0.3 is 11.1 Å². The quantitative estimate of drug-likeness (QED) is 0.816. The van der Waals surface area contributed by atoms with Crippen LogP contribution in [0.5, 0.6) is 0 Å². The normalized spacial score (nSPS) is 29.8. The molecule has 150 valence electrons. The molecule has 0 spiro atoms. The van der Waals surface area contributed by atoms with Gasteiger partial charge in [-0.2, -0.15) is 0 Å². The van der Waals surface area contributed by atoms with Crippen molar-refractivity contribution in [1.82, 2.24) is 9.88 Å². The highest BCUT2D eigenvalue weighted by Gasteiger charge is 2.41. The Morgan fingerprint density at radius 2 is 1.89 bits per heavy atom. The molecule has 5 nitrogen and oxygen atoms in total. The number of nitrogens with one attached hydrogen (secondary N) is 1. The summed E-state index contributed by atoms with van der Waals surface area (Å²) in [6.45, 7) is 1.31. The van der Waals surface area contributed by atoms with Crippen LogP contribution in [0.1, 0.15) is 79.4 Å². The Balaban J connectivity index is 1.31. The number of anilines is 1. The molecule has 1 aromatic heterocycles. The monoisotopic (exact) mass is 380 g/mol. The molecule has 3 heterocycles. The van der Waals surface area contributed by atoms with Crippen LogP contribution in [0, 0.1) is 5.92 Å². The van der Waals surface area contributed by atoms with Crippen LogP contribution in [-0.4, -0.2) is 40.5 Å². The van der Waals surface area contributed by atoms with Crippen molar-refractivity contribution in [2.45, 2.75) is 82.3 Å². The molecule has 2 bridgehead atoms. The van der Waals surface area contributed by atoms with Gasteiger partial charge in [0.15, 0.2) is 0 Å². The van der Waals surface area contributed by atoms with Gasteiger partial charge in [-0.25, -0.2) is 0 Å². The second-order valence-electron chi connectivity index (χ2n) is 9.28. The lowest BCUT2D eigenvalue weighted by Gasteiger charge is -2.42.